The second-order valence-electron chi connectivity index (χ2n) is 5.82. The van der Waals surface area contributed by atoms with Crippen LogP contribution in [0.1, 0.15) is 40.5 Å². The largest absolute Gasteiger partial charge is 0.478 e. The maximum absolute atomic E-state index is 12.5. The van der Waals surface area contributed by atoms with Crippen molar-refractivity contribution in [2.75, 3.05) is 25.9 Å². The Morgan fingerprint density at radius 2 is 1.67 bits per heavy atom. The minimum atomic E-state index is -3.23. The summed E-state index contributed by atoms with van der Waals surface area (Å²) >= 11 is 0. The predicted octanol–water partition coefficient (Wildman–Crippen LogP) is 1.27. The van der Waals surface area contributed by atoms with E-state index in [2.05, 4.69) is 0 Å². The molecule has 2 rings (SSSR count). The number of hydrogen-bond donors (Lipinski definition) is 1. The molecule has 0 bridgehead atoms. The molecule has 1 saturated heterocycles. The second kappa shape index (κ2) is 7.31. The molecule has 1 aliphatic heterocycles. The van der Waals surface area contributed by atoms with E-state index >= 15 is 0 Å². The number of hydrogen-bond acceptors (Lipinski definition) is 4. The summed E-state index contributed by atoms with van der Waals surface area (Å²) in [5, 5.41) is 8.88. The molecule has 0 spiro atoms. The van der Waals surface area contributed by atoms with Crippen molar-refractivity contribution in [3.05, 3.63) is 35.4 Å². The van der Waals surface area contributed by atoms with Crippen LogP contribution in [0.4, 0.5) is 0 Å². The SMILES string of the molecule is CCS(=O)(=O)N(C)C1CCN(C(=O)c2ccc(C(=O)O)cc2)CC1. The first-order valence-electron chi connectivity index (χ1n) is 7.84. The molecule has 1 aromatic carbocycles. The Labute approximate surface area is 141 Å². The molecular weight excluding hydrogens is 332 g/mol. The van der Waals surface area contributed by atoms with E-state index < -0.39 is 16.0 Å². The van der Waals surface area contributed by atoms with Gasteiger partial charge in [-0.05, 0) is 44.0 Å². The third-order valence-corrected chi connectivity index (χ3v) is 6.35. The lowest BCUT2D eigenvalue weighted by atomic mass is 10.0. The molecule has 0 saturated carbocycles. The number of likely N-dealkylation sites (tertiary alicyclic amines) is 1. The fourth-order valence-corrected chi connectivity index (χ4v) is 3.87. The normalized spacial score (nSPS) is 16.4. The molecule has 1 amide bonds. The van der Waals surface area contributed by atoms with Gasteiger partial charge in [-0.15, -0.1) is 0 Å². The number of carboxylic acid groups (broad SMARTS) is 1. The van der Waals surface area contributed by atoms with Gasteiger partial charge in [0.25, 0.3) is 5.91 Å². The average molecular weight is 354 g/mol. The number of carbonyl (C=O) groups excluding carboxylic acids is 1. The van der Waals surface area contributed by atoms with Gasteiger partial charge in [-0.1, -0.05) is 0 Å². The fourth-order valence-electron chi connectivity index (χ4n) is 2.80. The van der Waals surface area contributed by atoms with Gasteiger partial charge in [-0.25, -0.2) is 17.5 Å². The monoisotopic (exact) mass is 354 g/mol. The Balaban J connectivity index is 1.99. The van der Waals surface area contributed by atoms with Crippen LogP contribution in [0.5, 0.6) is 0 Å². The Morgan fingerprint density at radius 3 is 2.12 bits per heavy atom. The van der Waals surface area contributed by atoms with Crippen LogP contribution in [0.2, 0.25) is 0 Å². The number of rotatable bonds is 5. The van der Waals surface area contributed by atoms with E-state index in [1.165, 1.54) is 28.6 Å². The Kier molecular flexibility index (Phi) is 5.61. The van der Waals surface area contributed by atoms with Gasteiger partial charge in [-0.2, -0.15) is 0 Å². The molecule has 1 aromatic rings. The van der Waals surface area contributed by atoms with E-state index in [-0.39, 0.29) is 23.3 Å². The van der Waals surface area contributed by atoms with E-state index in [1.807, 2.05) is 0 Å². The molecule has 1 aliphatic rings. The van der Waals surface area contributed by atoms with Crippen LogP contribution >= 0.6 is 0 Å². The Morgan fingerprint density at radius 1 is 1.17 bits per heavy atom. The molecule has 132 valence electrons. The van der Waals surface area contributed by atoms with Gasteiger partial charge in [0.05, 0.1) is 11.3 Å². The number of carbonyl (C=O) groups is 2. The average Bonchev–Trinajstić information content (AvgIpc) is 2.60. The number of amides is 1. The summed E-state index contributed by atoms with van der Waals surface area (Å²) in [5.74, 6) is -1.13. The highest BCUT2D eigenvalue weighted by molar-refractivity contribution is 7.89. The zero-order chi connectivity index (χ0) is 17.9. The van der Waals surface area contributed by atoms with E-state index in [4.69, 9.17) is 5.11 Å². The summed E-state index contributed by atoms with van der Waals surface area (Å²) in [6.45, 7) is 2.58. The first-order chi connectivity index (χ1) is 11.3. The molecule has 0 radical (unpaired) electrons. The highest BCUT2D eigenvalue weighted by atomic mass is 32.2. The number of nitrogens with zero attached hydrogens (tertiary/aromatic N) is 2. The predicted molar refractivity (Wildman–Crippen MR) is 89.6 cm³/mol. The zero-order valence-corrected chi connectivity index (χ0v) is 14.6. The van der Waals surface area contributed by atoms with Gasteiger partial charge in [-0.3, -0.25) is 4.79 Å². The first-order valence-corrected chi connectivity index (χ1v) is 9.45. The Hall–Kier alpha value is -1.93. The zero-order valence-electron chi connectivity index (χ0n) is 13.8. The highest BCUT2D eigenvalue weighted by Crippen LogP contribution is 2.20. The van der Waals surface area contributed by atoms with E-state index in [0.29, 0.717) is 31.5 Å². The van der Waals surface area contributed by atoms with Crippen molar-refractivity contribution in [2.45, 2.75) is 25.8 Å². The minimum Gasteiger partial charge on any atom is -0.478 e. The molecule has 1 fully saturated rings. The molecule has 1 N–H and O–H groups in total. The molecule has 0 aromatic heterocycles. The first kappa shape index (κ1) is 18.4. The maximum Gasteiger partial charge on any atom is 0.335 e. The summed E-state index contributed by atoms with van der Waals surface area (Å²) in [6.07, 6.45) is 1.18. The molecule has 24 heavy (non-hydrogen) atoms. The van der Waals surface area contributed by atoms with Crippen LogP contribution in [0.3, 0.4) is 0 Å². The minimum absolute atomic E-state index is 0.0680. The quantitative estimate of drug-likeness (QED) is 0.859. The molecule has 0 aliphatic carbocycles. The molecule has 8 heteroatoms. The molecule has 0 atom stereocenters. The number of piperidine rings is 1. The lowest BCUT2D eigenvalue weighted by molar-refractivity contribution is 0.0676. The molecule has 1 heterocycles. The van der Waals surface area contributed by atoms with Gasteiger partial charge in [0.15, 0.2) is 0 Å². The fraction of sp³-hybridized carbons (Fsp3) is 0.500. The van der Waals surface area contributed by atoms with Crippen LogP contribution in [-0.4, -0.2) is 66.5 Å². The molecule has 0 unspecified atom stereocenters. The summed E-state index contributed by atoms with van der Waals surface area (Å²) in [4.78, 5) is 25.0. The van der Waals surface area contributed by atoms with Gasteiger partial charge >= 0.3 is 5.97 Å². The molecular formula is C16H22N2O5S. The summed E-state index contributed by atoms with van der Waals surface area (Å²) < 4.78 is 25.3. The van der Waals surface area contributed by atoms with Crippen molar-refractivity contribution in [3.8, 4) is 0 Å². The maximum atomic E-state index is 12.5. The number of benzene rings is 1. The van der Waals surface area contributed by atoms with Gasteiger partial charge in [0.1, 0.15) is 0 Å². The van der Waals surface area contributed by atoms with Gasteiger partial charge < -0.3 is 10.0 Å². The Bertz CT molecular complexity index is 706. The molecule has 7 nitrogen and oxygen atoms in total. The summed E-state index contributed by atoms with van der Waals surface area (Å²) in [6, 6.07) is 5.73. The van der Waals surface area contributed by atoms with Crippen LogP contribution in [-0.2, 0) is 10.0 Å². The van der Waals surface area contributed by atoms with Crippen LogP contribution < -0.4 is 0 Å². The van der Waals surface area contributed by atoms with Crippen molar-refractivity contribution >= 4 is 21.9 Å². The van der Waals surface area contributed by atoms with Crippen molar-refractivity contribution in [3.63, 3.8) is 0 Å². The number of aromatic carboxylic acids is 1. The standard InChI is InChI=1S/C16H22N2O5S/c1-3-24(22,23)17(2)14-8-10-18(11-9-14)15(19)12-4-6-13(7-5-12)16(20)21/h4-7,14H,3,8-11H2,1-2H3,(H,20,21). The second-order valence-corrected chi connectivity index (χ2v) is 8.14. The van der Waals surface area contributed by atoms with Gasteiger partial charge in [0.2, 0.25) is 10.0 Å². The third kappa shape index (κ3) is 3.93. The third-order valence-electron chi connectivity index (χ3n) is 4.45. The van der Waals surface area contributed by atoms with Crippen molar-refractivity contribution in [1.29, 1.82) is 0 Å². The topological polar surface area (TPSA) is 95.0 Å². The van der Waals surface area contributed by atoms with Crippen molar-refractivity contribution < 1.29 is 23.1 Å². The highest BCUT2D eigenvalue weighted by Gasteiger charge is 2.30. The summed E-state index contributed by atoms with van der Waals surface area (Å²) in [7, 11) is -1.64. The van der Waals surface area contributed by atoms with Gasteiger partial charge in [0, 0.05) is 31.7 Å². The van der Waals surface area contributed by atoms with Crippen molar-refractivity contribution in [2.24, 2.45) is 0 Å². The van der Waals surface area contributed by atoms with E-state index in [1.54, 1.807) is 18.9 Å². The van der Waals surface area contributed by atoms with E-state index in [9.17, 15) is 18.0 Å². The van der Waals surface area contributed by atoms with Crippen molar-refractivity contribution in [1.82, 2.24) is 9.21 Å². The number of carboxylic acids is 1. The van der Waals surface area contributed by atoms with Crippen LogP contribution in [0, 0.1) is 0 Å². The lowest BCUT2D eigenvalue weighted by Gasteiger charge is -2.36. The van der Waals surface area contributed by atoms with Crippen LogP contribution in [0.15, 0.2) is 24.3 Å². The number of sulfonamides is 1. The lowest BCUT2D eigenvalue weighted by Crippen LogP contribution is -2.47. The smallest absolute Gasteiger partial charge is 0.335 e. The summed E-state index contributed by atoms with van der Waals surface area (Å²) in [5.41, 5.74) is 0.574. The van der Waals surface area contributed by atoms with E-state index in [0.717, 1.165) is 0 Å². The van der Waals surface area contributed by atoms with Crippen LogP contribution in [0.25, 0.3) is 0 Å².